The van der Waals surface area contributed by atoms with Crippen LogP contribution in [0.15, 0.2) is 18.2 Å². The zero-order chi connectivity index (χ0) is 9.68. The second-order valence-electron chi connectivity index (χ2n) is 2.55. The number of alkyl halides is 1. The maximum absolute atomic E-state index is 5.42. The molecular weight excluding hydrogens is 232 g/mol. The van der Waals surface area contributed by atoms with Gasteiger partial charge in [-0.25, -0.2) is 0 Å². The summed E-state index contributed by atoms with van der Waals surface area (Å²) in [6.45, 7) is 2.61. The first-order chi connectivity index (χ1) is 6.31. The summed E-state index contributed by atoms with van der Waals surface area (Å²) in [6, 6.07) is 5.91. The molecule has 0 atom stereocenters. The van der Waals surface area contributed by atoms with Gasteiger partial charge in [-0.15, -0.1) is 0 Å². The highest BCUT2D eigenvalue weighted by molar-refractivity contribution is 9.08. The third kappa shape index (κ3) is 2.62. The van der Waals surface area contributed by atoms with Gasteiger partial charge >= 0.3 is 0 Å². The number of ether oxygens (including phenoxy) is 2. The minimum absolute atomic E-state index is 0.655. The van der Waals surface area contributed by atoms with Crippen LogP contribution in [-0.4, -0.2) is 13.7 Å². The van der Waals surface area contributed by atoms with E-state index in [2.05, 4.69) is 15.9 Å². The van der Waals surface area contributed by atoms with Crippen LogP contribution in [-0.2, 0) is 5.33 Å². The lowest BCUT2D eigenvalue weighted by Gasteiger charge is -2.09. The molecule has 13 heavy (non-hydrogen) atoms. The topological polar surface area (TPSA) is 18.5 Å². The number of benzene rings is 1. The summed E-state index contributed by atoms with van der Waals surface area (Å²) in [5.41, 5.74) is 1.18. The lowest BCUT2D eigenvalue weighted by Crippen LogP contribution is -1.95. The van der Waals surface area contributed by atoms with Gasteiger partial charge in [0.05, 0.1) is 13.7 Å². The van der Waals surface area contributed by atoms with E-state index in [4.69, 9.17) is 9.47 Å². The average molecular weight is 245 g/mol. The smallest absolute Gasteiger partial charge is 0.161 e. The SMILES string of the molecule is CCOc1cc(CBr)ccc1OC. The fourth-order valence-corrected chi connectivity index (χ4v) is 1.42. The van der Waals surface area contributed by atoms with Gasteiger partial charge in [-0.1, -0.05) is 22.0 Å². The van der Waals surface area contributed by atoms with Crippen molar-refractivity contribution in [2.45, 2.75) is 12.3 Å². The lowest BCUT2D eigenvalue weighted by molar-refractivity contribution is 0.310. The first-order valence-electron chi connectivity index (χ1n) is 4.17. The van der Waals surface area contributed by atoms with Crippen LogP contribution in [0.2, 0.25) is 0 Å². The Morgan fingerprint density at radius 1 is 1.31 bits per heavy atom. The van der Waals surface area contributed by atoms with E-state index in [0.717, 1.165) is 16.8 Å². The Balaban J connectivity index is 2.95. The molecule has 0 bridgehead atoms. The van der Waals surface area contributed by atoms with Crippen molar-refractivity contribution in [1.82, 2.24) is 0 Å². The van der Waals surface area contributed by atoms with Crippen molar-refractivity contribution in [3.8, 4) is 11.5 Å². The molecule has 0 radical (unpaired) electrons. The van der Waals surface area contributed by atoms with Gasteiger partial charge in [-0.3, -0.25) is 0 Å². The van der Waals surface area contributed by atoms with Gasteiger partial charge in [0.25, 0.3) is 0 Å². The van der Waals surface area contributed by atoms with E-state index in [9.17, 15) is 0 Å². The van der Waals surface area contributed by atoms with E-state index in [0.29, 0.717) is 6.61 Å². The van der Waals surface area contributed by atoms with Gasteiger partial charge in [0, 0.05) is 5.33 Å². The molecule has 0 fully saturated rings. The van der Waals surface area contributed by atoms with Gasteiger partial charge in [-0.2, -0.15) is 0 Å². The molecule has 1 aromatic carbocycles. The van der Waals surface area contributed by atoms with Gasteiger partial charge in [-0.05, 0) is 24.6 Å². The Bertz CT molecular complexity index is 274. The van der Waals surface area contributed by atoms with Crippen LogP contribution in [0.3, 0.4) is 0 Å². The minimum atomic E-state index is 0.655. The highest BCUT2D eigenvalue weighted by atomic mass is 79.9. The molecule has 0 unspecified atom stereocenters. The van der Waals surface area contributed by atoms with Crippen molar-refractivity contribution < 1.29 is 9.47 Å². The molecule has 3 heteroatoms. The molecule has 1 aromatic rings. The summed E-state index contributed by atoms with van der Waals surface area (Å²) in [5.74, 6) is 1.59. The highest BCUT2D eigenvalue weighted by Crippen LogP contribution is 2.28. The third-order valence-electron chi connectivity index (χ3n) is 1.68. The van der Waals surface area contributed by atoms with Crippen molar-refractivity contribution >= 4 is 15.9 Å². The van der Waals surface area contributed by atoms with Crippen LogP contribution in [0.25, 0.3) is 0 Å². The summed E-state index contributed by atoms with van der Waals surface area (Å²) < 4.78 is 10.6. The van der Waals surface area contributed by atoms with E-state index < -0.39 is 0 Å². The zero-order valence-corrected chi connectivity index (χ0v) is 9.43. The molecule has 0 aliphatic carbocycles. The molecule has 0 aromatic heterocycles. The first-order valence-corrected chi connectivity index (χ1v) is 5.29. The van der Waals surface area contributed by atoms with Gasteiger partial charge in [0.15, 0.2) is 11.5 Å². The van der Waals surface area contributed by atoms with E-state index in [1.54, 1.807) is 7.11 Å². The van der Waals surface area contributed by atoms with E-state index >= 15 is 0 Å². The van der Waals surface area contributed by atoms with Crippen molar-refractivity contribution in [2.75, 3.05) is 13.7 Å². The predicted octanol–water partition coefficient (Wildman–Crippen LogP) is 2.99. The molecule has 0 saturated carbocycles. The predicted molar refractivity (Wildman–Crippen MR) is 56.8 cm³/mol. The molecule has 0 N–H and O–H groups in total. The Hall–Kier alpha value is -0.700. The average Bonchev–Trinajstić information content (AvgIpc) is 2.18. The maximum Gasteiger partial charge on any atom is 0.161 e. The van der Waals surface area contributed by atoms with Crippen LogP contribution >= 0.6 is 15.9 Å². The van der Waals surface area contributed by atoms with E-state index in [-0.39, 0.29) is 0 Å². The minimum Gasteiger partial charge on any atom is -0.493 e. The number of hydrogen-bond donors (Lipinski definition) is 0. The van der Waals surface area contributed by atoms with Crippen LogP contribution in [0, 0.1) is 0 Å². The summed E-state index contributed by atoms with van der Waals surface area (Å²) in [4.78, 5) is 0. The van der Waals surface area contributed by atoms with Gasteiger partial charge < -0.3 is 9.47 Å². The molecule has 0 amide bonds. The van der Waals surface area contributed by atoms with Gasteiger partial charge in [0.2, 0.25) is 0 Å². The molecule has 0 spiro atoms. The Morgan fingerprint density at radius 3 is 2.62 bits per heavy atom. The summed E-state index contributed by atoms with van der Waals surface area (Å²) in [6.07, 6.45) is 0. The quantitative estimate of drug-likeness (QED) is 0.759. The maximum atomic E-state index is 5.42. The fraction of sp³-hybridized carbons (Fsp3) is 0.400. The second kappa shape index (κ2) is 5.12. The van der Waals surface area contributed by atoms with E-state index in [1.165, 1.54) is 5.56 Å². The second-order valence-corrected chi connectivity index (χ2v) is 3.11. The standard InChI is InChI=1S/C10H13BrO2/c1-3-13-10-6-8(7-11)4-5-9(10)12-2/h4-6H,3,7H2,1-2H3. The molecule has 0 aliphatic rings. The Labute approximate surface area is 87.0 Å². The normalized spacial score (nSPS) is 9.77. The molecular formula is C10H13BrO2. The van der Waals surface area contributed by atoms with Crippen LogP contribution in [0.1, 0.15) is 12.5 Å². The molecule has 72 valence electrons. The number of methoxy groups -OCH3 is 1. The molecule has 2 nitrogen and oxygen atoms in total. The molecule has 0 saturated heterocycles. The number of rotatable bonds is 4. The summed E-state index contributed by atoms with van der Waals surface area (Å²) in [7, 11) is 1.64. The first kappa shape index (κ1) is 10.4. The fourth-order valence-electron chi connectivity index (χ4n) is 1.07. The lowest BCUT2D eigenvalue weighted by atomic mass is 10.2. The zero-order valence-electron chi connectivity index (χ0n) is 7.84. The van der Waals surface area contributed by atoms with Crippen molar-refractivity contribution in [3.63, 3.8) is 0 Å². The van der Waals surface area contributed by atoms with Crippen molar-refractivity contribution in [2.24, 2.45) is 0 Å². The number of hydrogen-bond acceptors (Lipinski definition) is 2. The highest BCUT2D eigenvalue weighted by Gasteiger charge is 2.03. The summed E-state index contributed by atoms with van der Waals surface area (Å²) >= 11 is 3.39. The largest absolute Gasteiger partial charge is 0.493 e. The molecule has 0 heterocycles. The number of halogens is 1. The van der Waals surface area contributed by atoms with Crippen LogP contribution < -0.4 is 9.47 Å². The van der Waals surface area contributed by atoms with Gasteiger partial charge in [0.1, 0.15) is 0 Å². The Kier molecular flexibility index (Phi) is 4.09. The van der Waals surface area contributed by atoms with E-state index in [1.807, 2.05) is 25.1 Å². The molecule has 0 aliphatic heterocycles. The van der Waals surface area contributed by atoms with Crippen LogP contribution in [0.5, 0.6) is 11.5 Å². The van der Waals surface area contributed by atoms with Crippen LogP contribution in [0.4, 0.5) is 0 Å². The summed E-state index contributed by atoms with van der Waals surface area (Å²) in [5, 5.41) is 0.830. The van der Waals surface area contributed by atoms with Crippen molar-refractivity contribution in [1.29, 1.82) is 0 Å². The van der Waals surface area contributed by atoms with Crippen molar-refractivity contribution in [3.05, 3.63) is 23.8 Å². The monoisotopic (exact) mass is 244 g/mol. The molecule has 1 rings (SSSR count). The Morgan fingerprint density at radius 2 is 2.08 bits per heavy atom. The third-order valence-corrected chi connectivity index (χ3v) is 2.33.